The predicted molar refractivity (Wildman–Crippen MR) is 112 cm³/mol. The van der Waals surface area contributed by atoms with E-state index in [4.69, 9.17) is 21.1 Å². The molecule has 150 valence electrons. The summed E-state index contributed by atoms with van der Waals surface area (Å²) in [5.41, 5.74) is 1.34. The number of nitrogens with zero attached hydrogens (tertiary/aromatic N) is 2. The Morgan fingerprint density at radius 2 is 2.00 bits per heavy atom. The first-order valence-corrected chi connectivity index (χ1v) is 10.7. The molecule has 0 saturated heterocycles. The van der Waals surface area contributed by atoms with Crippen LogP contribution >= 0.6 is 22.9 Å². The summed E-state index contributed by atoms with van der Waals surface area (Å²) in [6.45, 7) is 0.949. The number of thiophene rings is 1. The van der Waals surface area contributed by atoms with Crippen molar-refractivity contribution in [2.75, 3.05) is 18.5 Å². The van der Waals surface area contributed by atoms with Gasteiger partial charge in [-0.3, -0.25) is 14.2 Å². The van der Waals surface area contributed by atoms with Crippen LogP contribution in [0.4, 0.5) is 5.69 Å². The molecule has 1 amide bonds. The van der Waals surface area contributed by atoms with Crippen LogP contribution < -0.4 is 20.3 Å². The van der Waals surface area contributed by atoms with E-state index in [1.807, 2.05) is 0 Å². The fourth-order valence-electron chi connectivity index (χ4n) is 3.76. The molecular formula is C20H18ClN3O4S. The van der Waals surface area contributed by atoms with Crippen molar-refractivity contribution in [2.24, 2.45) is 0 Å². The lowest BCUT2D eigenvalue weighted by Gasteiger charge is -2.13. The third kappa shape index (κ3) is 3.36. The van der Waals surface area contributed by atoms with E-state index in [0.29, 0.717) is 40.8 Å². The predicted octanol–water partition coefficient (Wildman–Crippen LogP) is 3.40. The Labute approximate surface area is 175 Å². The maximum atomic E-state index is 12.9. The molecule has 1 aromatic carbocycles. The Kier molecular flexibility index (Phi) is 4.67. The first-order chi connectivity index (χ1) is 14.1. The molecule has 29 heavy (non-hydrogen) atoms. The van der Waals surface area contributed by atoms with Gasteiger partial charge in [-0.2, -0.15) is 0 Å². The summed E-state index contributed by atoms with van der Waals surface area (Å²) in [4.78, 5) is 31.9. The van der Waals surface area contributed by atoms with Crippen LogP contribution in [0.25, 0.3) is 10.2 Å². The quantitative estimate of drug-likeness (QED) is 0.687. The lowest BCUT2D eigenvalue weighted by atomic mass is 10.2. The number of carbonyl (C=O) groups excluding carboxylic acids is 1. The number of aryl methyl sites for hydroxylation is 2. The maximum Gasteiger partial charge on any atom is 0.262 e. The zero-order valence-corrected chi connectivity index (χ0v) is 17.1. The van der Waals surface area contributed by atoms with Gasteiger partial charge in [0.25, 0.3) is 5.56 Å². The van der Waals surface area contributed by atoms with Gasteiger partial charge in [0.05, 0.1) is 35.6 Å². The highest BCUT2D eigenvalue weighted by Gasteiger charge is 2.22. The second kappa shape index (κ2) is 7.35. The van der Waals surface area contributed by atoms with E-state index in [0.717, 1.165) is 36.1 Å². The van der Waals surface area contributed by atoms with Gasteiger partial charge in [-0.25, -0.2) is 4.98 Å². The Morgan fingerprint density at radius 1 is 1.21 bits per heavy atom. The number of halogens is 1. The average molecular weight is 432 g/mol. The number of anilines is 1. The van der Waals surface area contributed by atoms with Gasteiger partial charge in [0, 0.05) is 23.4 Å². The number of ether oxygens (including phenoxy) is 2. The van der Waals surface area contributed by atoms with Crippen molar-refractivity contribution in [1.82, 2.24) is 9.55 Å². The molecule has 3 aromatic rings. The van der Waals surface area contributed by atoms with Crippen LogP contribution in [-0.2, 0) is 24.2 Å². The van der Waals surface area contributed by atoms with Crippen molar-refractivity contribution >= 4 is 44.7 Å². The van der Waals surface area contributed by atoms with Crippen LogP contribution in [0.5, 0.6) is 11.5 Å². The van der Waals surface area contributed by atoms with Crippen LogP contribution in [0.15, 0.2) is 23.3 Å². The molecule has 9 heteroatoms. The van der Waals surface area contributed by atoms with Gasteiger partial charge >= 0.3 is 0 Å². The summed E-state index contributed by atoms with van der Waals surface area (Å²) in [5, 5.41) is 3.76. The monoisotopic (exact) mass is 431 g/mol. The Hall–Kier alpha value is -2.58. The molecule has 0 fully saturated rings. The Balaban J connectivity index is 1.39. The van der Waals surface area contributed by atoms with Crippen molar-refractivity contribution < 1.29 is 14.3 Å². The van der Waals surface area contributed by atoms with E-state index >= 15 is 0 Å². The number of rotatable bonds is 3. The lowest BCUT2D eigenvalue weighted by molar-refractivity contribution is -0.116. The first-order valence-electron chi connectivity index (χ1n) is 9.49. The summed E-state index contributed by atoms with van der Waals surface area (Å²) in [6, 6.07) is 3.28. The standard InChI is InChI=1S/C20H18ClN3O4S/c21-12-7-14-15(28-6-2-5-27-14)8-13(12)23-17(25)9-24-10-22-19-18(20(24)26)11-3-1-4-16(11)29-19/h7-8,10H,1-6,9H2,(H,23,25). The fourth-order valence-corrected chi connectivity index (χ4v) is 5.18. The van der Waals surface area contributed by atoms with E-state index in [2.05, 4.69) is 10.3 Å². The molecule has 0 atom stereocenters. The third-order valence-electron chi connectivity index (χ3n) is 5.12. The molecule has 0 bridgehead atoms. The van der Waals surface area contributed by atoms with Gasteiger partial charge in [0.15, 0.2) is 11.5 Å². The molecule has 1 N–H and O–H groups in total. The summed E-state index contributed by atoms with van der Waals surface area (Å²) < 4.78 is 12.6. The second-order valence-electron chi connectivity index (χ2n) is 7.09. The van der Waals surface area contributed by atoms with Gasteiger partial charge < -0.3 is 14.8 Å². The SMILES string of the molecule is O=C(Cn1cnc2sc3c(c2c1=O)CCC3)Nc1cc2c(cc1Cl)OCCCO2. The normalized spacial score (nSPS) is 15.2. The molecule has 3 heterocycles. The zero-order valence-electron chi connectivity index (χ0n) is 15.5. The van der Waals surface area contributed by atoms with Crippen LogP contribution in [0.2, 0.25) is 5.02 Å². The number of hydrogen-bond donors (Lipinski definition) is 1. The second-order valence-corrected chi connectivity index (χ2v) is 8.58. The van der Waals surface area contributed by atoms with Gasteiger partial charge in [-0.05, 0) is 24.8 Å². The fraction of sp³-hybridized carbons (Fsp3) is 0.350. The summed E-state index contributed by atoms with van der Waals surface area (Å²) in [5.74, 6) is 0.732. The summed E-state index contributed by atoms with van der Waals surface area (Å²) >= 11 is 7.87. The number of amides is 1. The molecular weight excluding hydrogens is 414 g/mol. The molecule has 0 radical (unpaired) electrons. The van der Waals surface area contributed by atoms with E-state index in [1.165, 1.54) is 15.8 Å². The molecule has 1 aliphatic carbocycles. The van der Waals surface area contributed by atoms with Crippen molar-refractivity contribution in [3.05, 3.63) is 44.3 Å². The first kappa shape index (κ1) is 18.4. The number of fused-ring (bicyclic) bond motifs is 4. The van der Waals surface area contributed by atoms with E-state index in [9.17, 15) is 9.59 Å². The molecule has 1 aliphatic heterocycles. The Morgan fingerprint density at radius 3 is 2.83 bits per heavy atom. The van der Waals surface area contributed by atoms with Crippen LogP contribution in [-0.4, -0.2) is 28.7 Å². The Bertz CT molecular complexity index is 1190. The van der Waals surface area contributed by atoms with Gasteiger partial charge in [0.2, 0.25) is 5.91 Å². The zero-order chi connectivity index (χ0) is 20.0. The van der Waals surface area contributed by atoms with Gasteiger partial charge in [-0.1, -0.05) is 11.6 Å². The van der Waals surface area contributed by atoms with Crippen LogP contribution in [0.3, 0.4) is 0 Å². The lowest BCUT2D eigenvalue weighted by Crippen LogP contribution is -2.28. The molecule has 0 spiro atoms. The minimum Gasteiger partial charge on any atom is -0.490 e. The van der Waals surface area contributed by atoms with E-state index in [-0.39, 0.29) is 18.0 Å². The number of carbonyl (C=O) groups is 1. The van der Waals surface area contributed by atoms with Crippen molar-refractivity contribution in [3.63, 3.8) is 0 Å². The number of hydrogen-bond acceptors (Lipinski definition) is 6. The minimum absolute atomic E-state index is 0.142. The molecule has 7 nitrogen and oxygen atoms in total. The topological polar surface area (TPSA) is 82.5 Å². The average Bonchev–Trinajstić information content (AvgIpc) is 3.20. The molecule has 0 unspecified atom stereocenters. The number of nitrogens with one attached hydrogen (secondary N) is 1. The van der Waals surface area contributed by atoms with E-state index in [1.54, 1.807) is 23.5 Å². The van der Waals surface area contributed by atoms with Gasteiger partial charge in [0.1, 0.15) is 11.4 Å². The van der Waals surface area contributed by atoms with Crippen molar-refractivity contribution in [3.8, 4) is 11.5 Å². The molecule has 2 aliphatic rings. The summed E-state index contributed by atoms with van der Waals surface area (Å²) in [6.07, 6.45) is 5.17. The maximum absolute atomic E-state index is 12.9. The molecule has 0 saturated carbocycles. The molecule has 5 rings (SSSR count). The third-order valence-corrected chi connectivity index (χ3v) is 6.63. The molecule has 2 aromatic heterocycles. The highest BCUT2D eigenvalue weighted by atomic mass is 35.5. The smallest absolute Gasteiger partial charge is 0.262 e. The van der Waals surface area contributed by atoms with Crippen LogP contribution in [0, 0.1) is 0 Å². The summed E-state index contributed by atoms with van der Waals surface area (Å²) in [7, 11) is 0. The van der Waals surface area contributed by atoms with E-state index < -0.39 is 0 Å². The van der Waals surface area contributed by atoms with Crippen molar-refractivity contribution in [1.29, 1.82) is 0 Å². The van der Waals surface area contributed by atoms with Crippen LogP contribution in [0.1, 0.15) is 23.3 Å². The minimum atomic E-state index is -0.364. The van der Waals surface area contributed by atoms with Crippen molar-refractivity contribution in [2.45, 2.75) is 32.2 Å². The number of aromatic nitrogens is 2. The largest absolute Gasteiger partial charge is 0.490 e. The highest BCUT2D eigenvalue weighted by molar-refractivity contribution is 7.18. The highest BCUT2D eigenvalue weighted by Crippen LogP contribution is 2.38. The number of benzene rings is 1. The van der Waals surface area contributed by atoms with Gasteiger partial charge in [-0.15, -0.1) is 11.3 Å².